The van der Waals surface area contributed by atoms with E-state index in [1.54, 1.807) is 0 Å². The van der Waals surface area contributed by atoms with Crippen molar-refractivity contribution in [2.75, 3.05) is 54.1 Å². The second kappa shape index (κ2) is 42.0. The number of unbranched alkanes of at least 4 members (excludes halogenated alkanes) is 30. The molecule has 1 N–H and O–H groups in total. The summed E-state index contributed by atoms with van der Waals surface area (Å²) in [6, 6.07) is 0. The summed E-state index contributed by atoms with van der Waals surface area (Å²) in [6.07, 6.45) is 47.0. The van der Waals surface area contributed by atoms with Crippen molar-refractivity contribution in [2.24, 2.45) is 0 Å². The number of phosphoric ester groups is 1. The molecule has 0 amide bonds. The third-order valence-electron chi connectivity index (χ3n) is 10.8. The Morgan fingerprint density at radius 2 is 0.912 bits per heavy atom. The molecule has 0 aromatic heterocycles. The minimum atomic E-state index is -4.27. The highest BCUT2D eigenvalue weighted by Gasteiger charge is 2.26. The molecule has 0 aromatic rings. The van der Waals surface area contributed by atoms with E-state index in [2.05, 4.69) is 26.0 Å². The first kappa shape index (κ1) is 56.2. The molecular weight excluding hydrogens is 734 g/mol. The second-order valence-corrected chi connectivity index (χ2v) is 19.3. The predicted octanol–water partition coefficient (Wildman–Crippen LogP) is 14.6. The number of hydrogen-bond donors (Lipinski definition) is 1. The first-order valence-corrected chi connectivity index (χ1v) is 25.9. The zero-order valence-corrected chi connectivity index (χ0v) is 39.5. The Hall–Kier alpha value is -0.760. The average molecular weight is 831 g/mol. The third kappa shape index (κ3) is 46.2. The molecule has 0 saturated carbocycles. The number of esters is 1. The van der Waals surface area contributed by atoms with Gasteiger partial charge in [-0.25, -0.2) is 4.57 Å². The number of ether oxygens (including phenoxy) is 2. The van der Waals surface area contributed by atoms with E-state index in [1.165, 1.54) is 180 Å². The van der Waals surface area contributed by atoms with Crippen LogP contribution in [0.15, 0.2) is 12.2 Å². The summed E-state index contributed by atoms with van der Waals surface area (Å²) >= 11 is 0. The fourth-order valence-electron chi connectivity index (χ4n) is 7.02. The molecule has 0 bridgehead atoms. The van der Waals surface area contributed by atoms with E-state index in [4.69, 9.17) is 18.5 Å². The second-order valence-electron chi connectivity index (χ2n) is 17.9. The van der Waals surface area contributed by atoms with Gasteiger partial charge in [0, 0.05) is 13.0 Å². The van der Waals surface area contributed by atoms with E-state index in [-0.39, 0.29) is 25.8 Å². The number of likely N-dealkylation sites (N-methyl/N-ethyl adjacent to an activating group) is 1. The van der Waals surface area contributed by atoms with Crippen LogP contribution in [0.25, 0.3) is 0 Å². The quantitative estimate of drug-likeness (QED) is 0.0215. The molecule has 0 aromatic carbocycles. The molecule has 0 aliphatic carbocycles. The number of nitrogens with zero attached hydrogens (tertiary/aromatic N) is 1. The number of rotatable bonds is 46. The average Bonchev–Trinajstić information content (AvgIpc) is 3.16. The lowest BCUT2D eigenvalue weighted by molar-refractivity contribution is -0.870. The van der Waals surface area contributed by atoms with Gasteiger partial charge in [-0.3, -0.25) is 13.8 Å². The van der Waals surface area contributed by atoms with Crippen LogP contribution in [0.1, 0.15) is 232 Å². The van der Waals surface area contributed by atoms with Crippen molar-refractivity contribution in [1.82, 2.24) is 0 Å². The van der Waals surface area contributed by atoms with E-state index < -0.39 is 13.9 Å². The minimum absolute atomic E-state index is 0.0922. The number of quaternary nitrogens is 1. The monoisotopic (exact) mass is 831 g/mol. The standard InChI is InChI=1S/C48H96NO7P/c1-6-8-10-12-14-16-17-18-19-20-21-22-23-24-25-26-27-28-29-30-31-32-34-36-38-40-43-53-45-47(46-55-57(51,52)54-44-42-49(3,4)5)56-48(50)41-39-37-35-33-15-13-11-9-7-2/h20-21,47H,6-19,22-46H2,1-5H3/p+1/b21-20-. The lowest BCUT2D eigenvalue weighted by atomic mass is 10.0. The molecule has 8 nitrogen and oxygen atoms in total. The SMILES string of the molecule is CCCCCCCCCC/C=C\CCCCCCCCCCCCCCCCOCC(COP(=O)(O)OCC[N+](C)(C)C)OC(=O)CCCCCCCCCCC. The molecule has 0 aliphatic rings. The molecule has 340 valence electrons. The summed E-state index contributed by atoms with van der Waals surface area (Å²) in [5, 5.41) is 0. The lowest BCUT2D eigenvalue weighted by Gasteiger charge is -2.24. The fraction of sp³-hybridized carbons (Fsp3) is 0.938. The van der Waals surface area contributed by atoms with Crippen LogP contribution in [0, 0.1) is 0 Å². The topological polar surface area (TPSA) is 91.3 Å². The summed E-state index contributed by atoms with van der Waals surface area (Å²) in [6.45, 7) is 5.64. The number of carbonyl (C=O) groups excluding carboxylic acids is 1. The molecule has 0 saturated heterocycles. The van der Waals surface area contributed by atoms with E-state index in [1.807, 2.05) is 21.1 Å². The molecule has 0 aliphatic heterocycles. The van der Waals surface area contributed by atoms with Gasteiger partial charge in [0.2, 0.25) is 0 Å². The Labute approximate surface area is 354 Å². The summed E-state index contributed by atoms with van der Waals surface area (Å²) in [5.74, 6) is -0.313. The molecule has 0 spiro atoms. The number of phosphoric acid groups is 1. The molecule has 9 heteroatoms. The van der Waals surface area contributed by atoms with Crippen LogP contribution < -0.4 is 0 Å². The van der Waals surface area contributed by atoms with Crippen LogP contribution in [0.4, 0.5) is 0 Å². The van der Waals surface area contributed by atoms with Gasteiger partial charge in [0.1, 0.15) is 19.3 Å². The van der Waals surface area contributed by atoms with Gasteiger partial charge in [-0.15, -0.1) is 0 Å². The Kier molecular flexibility index (Phi) is 41.4. The van der Waals surface area contributed by atoms with E-state index in [9.17, 15) is 14.3 Å². The van der Waals surface area contributed by atoms with Crippen molar-refractivity contribution in [3.05, 3.63) is 12.2 Å². The Balaban J connectivity index is 3.94. The minimum Gasteiger partial charge on any atom is -0.457 e. The Bertz CT molecular complexity index is 925. The maximum absolute atomic E-state index is 12.6. The maximum atomic E-state index is 12.6. The summed E-state index contributed by atoms with van der Waals surface area (Å²) in [7, 11) is 1.68. The molecule has 0 rings (SSSR count). The predicted molar refractivity (Wildman–Crippen MR) is 243 cm³/mol. The molecule has 2 atom stereocenters. The van der Waals surface area contributed by atoms with Gasteiger partial charge in [-0.2, -0.15) is 0 Å². The zero-order chi connectivity index (χ0) is 42.0. The van der Waals surface area contributed by atoms with E-state index in [0.717, 1.165) is 32.1 Å². The Morgan fingerprint density at radius 3 is 1.33 bits per heavy atom. The van der Waals surface area contributed by atoms with Crippen molar-refractivity contribution in [2.45, 2.75) is 238 Å². The number of hydrogen-bond acceptors (Lipinski definition) is 6. The van der Waals surface area contributed by atoms with Crippen LogP contribution >= 0.6 is 7.82 Å². The normalized spacial score (nSPS) is 13.7. The molecular formula is C48H97NO7P+. The van der Waals surface area contributed by atoms with Crippen molar-refractivity contribution >= 4 is 13.8 Å². The maximum Gasteiger partial charge on any atom is 0.472 e. The van der Waals surface area contributed by atoms with Gasteiger partial charge >= 0.3 is 13.8 Å². The zero-order valence-electron chi connectivity index (χ0n) is 38.6. The van der Waals surface area contributed by atoms with Gasteiger partial charge in [0.05, 0.1) is 34.4 Å². The van der Waals surface area contributed by atoms with Gasteiger partial charge < -0.3 is 18.9 Å². The van der Waals surface area contributed by atoms with Crippen LogP contribution in [0.5, 0.6) is 0 Å². The highest BCUT2D eigenvalue weighted by atomic mass is 31.2. The fourth-order valence-corrected chi connectivity index (χ4v) is 7.76. The third-order valence-corrected chi connectivity index (χ3v) is 11.8. The van der Waals surface area contributed by atoms with Gasteiger partial charge in [0.25, 0.3) is 0 Å². The molecule has 0 heterocycles. The summed E-state index contributed by atoms with van der Waals surface area (Å²) in [4.78, 5) is 22.8. The van der Waals surface area contributed by atoms with Crippen molar-refractivity contribution < 1.29 is 37.3 Å². The van der Waals surface area contributed by atoms with Crippen molar-refractivity contribution in [3.8, 4) is 0 Å². The van der Waals surface area contributed by atoms with Crippen molar-refractivity contribution in [1.29, 1.82) is 0 Å². The van der Waals surface area contributed by atoms with Crippen LogP contribution in [-0.2, 0) is 27.9 Å². The highest BCUT2D eigenvalue weighted by Crippen LogP contribution is 2.43. The molecule has 57 heavy (non-hydrogen) atoms. The smallest absolute Gasteiger partial charge is 0.457 e. The van der Waals surface area contributed by atoms with E-state index in [0.29, 0.717) is 24.1 Å². The van der Waals surface area contributed by atoms with Gasteiger partial charge in [-0.1, -0.05) is 199 Å². The van der Waals surface area contributed by atoms with Gasteiger partial charge in [0.15, 0.2) is 0 Å². The van der Waals surface area contributed by atoms with Gasteiger partial charge in [-0.05, 0) is 38.5 Å². The summed E-state index contributed by atoms with van der Waals surface area (Å²) in [5.41, 5.74) is 0. The number of allylic oxidation sites excluding steroid dienone is 2. The van der Waals surface area contributed by atoms with Crippen LogP contribution in [-0.4, -0.2) is 75.6 Å². The lowest BCUT2D eigenvalue weighted by Crippen LogP contribution is -2.37. The summed E-state index contributed by atoms with van der Waals surface area (Å²) < 4.78 is 35.0. The number of carbonyl (C=O) groups is 1. The first-order valence-electron chi connectivity index (χ1n) is 24.4. The largest absolute Gasteiger partial charge is 0.472 e. The molecule has 2 unspecified atom stereocenters. The molecule has 0 fully saturated rings. The highest BCUT2D eigenvalue weighted by molar-refractivity contribution is 7.47. The van der Waals surface area contributed by atoms with E-state index >= 15 is 0 Å². The Morgan fingerprint density at radius 1 is 0.526 bits per heavy atom. The van der Waals surface area contributed by atoms with Crippen LogP contribution in [0.2, 0.25) is 0 Å². The first-order chi connectivity index (χ1) is 27.6. The molecule has 0 radical (unpaired) electrons. The van der Waals surface area contributed by atoms with Crippen molar-refractivity contribution in [3.63, 3.8) is 0 Å². The van der Waals surface area contributed by atoms with Crippen LogP contribution in [0.3, 0.4) is 0 Å².